The molecule has 0 unspecified atom stereocenters. The number of hydrogen-bond acceptors (Lipinski definition) is 3. The van der Waals surface area contributed by atoms with E-state index >= 15 is 0 Å². The topological polar surface area (TPSA) is 36.4 Å². The van der Waals surface area contributed by atoms with Crippen LogP contribution in [-0.2, 0) is 5.41 Å². The smallest absolute Gasteiger partial charge is 0.212 e. The van der Waals surface area contributed by atoms with E-state index in [1.54, 1.807) is 18.3 Å². The molecule has 3 nitrogen and oxygen atoms in total. The van der Waals surface area contributed by atoms with Crippen LogP contribution in [0.1, 0.15) is 25.0 Å². The van der Waals surface area contributed by atoms with Gasteiger partial charge >= 0.3 is 0 Å². The standard InChI is InChI=1S/C22H21FN2O/c1-14-6-4-5-7-17(14)25-13-22(2,3)20-16(9-10-18(26)21(20)25)15-8-11-19(23)24-12-15/h4-12,26H,13H2,1-3H3. The number of aryl methyl sites for hydroxylation is 1. The molecule has 1 aromatic heterocycles. The lowest BCUT2D eigenvalue weighted by molar-refractivity contribution is 0.476. The first-order valence-electron chi connectivity index (χ1n) is 8.70. The van der Waals surface area contributed by atoms with E-state index < -0.39 is 5.95 Å². The number of phenolic OH excluding ortho intramolecular Hbond substituents is 1. The van der Waals surface area contributed by atoms with Gasteiger partial charge in [0.05, 0.1) is 5.69 Å². The van der Waals surface area contributed by atoms with Crippen molar-refractivity contribution < 1.29 is 9.50 Å². The number of aromatic hydroxyl groups is 1. The summed E-state index contributed by atoms with van der Waals surface area (Å²) in [4.78, 5) is 5.98. The Hall–Kier alpha value is -2.88. The zero-order valence-corrected chi connectivity index (χ0v) is 15.1. The van der Waals surface area contributed by atoms with Crippen LogP contribution in [0.3, 0.4) is 0 Å². The maximum absolute atomic E-state index is 13.3. The number of pyridine rings is 1. The molecule has 3 aromatic rings. The first-order chi connectivity index (χ1) is 12.4. The minimum absolute atomic E-state index is 0.180. The van der Waals surface area contributed by atoms with Gasteiger partial charge in [0.25, 0.3) is 0 Å². The number of fused-ring (bicyclic) bond motifs is 1. The Balaban J connectivity index is 1.96. The highest BCUT2D eigenvalue weighted by Crippen LogP contribution is 2.52. The SMILES string of the molecule is Cc1ccccc1N1CC(C)(C)c2c(-c3ccc(F)nc3)ccc(O)c21. The quantitative estimate of drug-likeness (QED) is 0.636. The number of rotatable bonds is 2. The average Bonchev–Trinajstić information content (AvgIpc) is 2.89. The fourth-order valence-electron chi connectivity index (χ4n) is 3.94. The van der Waals surface area contributed by atoms with Gasteiger partial charge in [0.15, 0.2) is 0 Å². The monoisotopic (exact) mass is 348 g/mol. The molecule has 0 amide bonds. The highest BCUT2D eigenvalue weighted by atomic mass is 19.1. The molecule has 2 heterocycles. The van der Waals surface area contributed by atoms with E-state index in [1.807, 2.05) is 18.2 Å². The van der Waals surface area contributed by atoms with Crippen LogP contribution in [0.5, 0.6) is 5.75 Å². The first-order valence-corrected chi connectivity index (χ1v) is 8.70. The molecule has 0 aliphatic carbocycles. The van der Waals surface area contributed by atoms with Crippen LogP contribution in [-0.4, -0.2) is 16.6 Å². The normalized spacial score (nSPS) is 15.2. The highest BCUT2D eigenvalue weighted by Gasteiger charge is 2.40. The van der Waals surface area contributed by atoms with Gasteiger partial charge in [-0.1, -0.05) is 38.1 Å². The van der Waals surface area contributed by atoms with Crippen molar-refractivity contribution in [1.29, 1.82) is 0 Å². The predicted octanol–water partition coefficient (Wildman–Crippen LogP) is 5.33. The Morgan fingerprint density at radius 1 is 1.08 bits per heavy atom. The van der Waals surface area contributed by atoms with Gasteiger partial charge in [-0.25, -0.2) is 4.98 Å². The van der Waals surface area contributed by atoms with Gasteiger partial charge in [0, 0.05) is 29.4 Å². The molecule has 4 heteroatoms. The predicted molar refractivity (Wildman–Crippen MR) is 103 cm³/mol. The summed E-state index contributed by atoms with van der Waals surface area (Å²) in [7, 11) is 0. The highest BCUT2D eigenvalue weighted by molar-refractivity contribution is 5.86. The molecule has 0 saturated carbocycles. The van der Waals surface area contributed by atoms with Crippen molar-refractivity contribution in [2.24, 2.45) is 0 Å². The van der Waals surface area contributed by atoms with E-state index in [0.717, 1.165) is 40.2 Å². The number of aromatic nitrogens is 1. The number of nitrogens with zero attached hydrogens (tertiary/aromatic N) is 2. The van der Waals surface area contributed by atoms with Crippen LogP contribution in [0.4, 0.5) is 15.8 Å². The van der Waals surface area contributed by atoms with Crippen LogP contribution in [0.25, 0.3) is 11.1 Å². The minimum atomic E-state index is -0.495. The molecule has 2 aromatic carbocycles. The molecule has 0 radical (unpaired) electrons. The van der Waals surface area contributed by atoms with E-state index in [9.17, 15) is 9.50 Å². The van der Waals surface area contributed by atoms with Gasteiger partial charge in [-0.2, -0.15) is 4.39 Å². The third-order valence-electron chi connectivity index (χ3n) is 5.10. The number of halogens is 1. The third-order valence-corrected chi connectivity index (χ3v) is 5.10. The maximum Gasteiger partial charge on any atom is 0.212 e. The molecular weight excluding hydrogens is 327 g/mol. The second-order valence-electron chi connectivity index (χ2n) is 7.48. The van der Waals surface area contributed by atoms with Crippen molar-refractivity contribution >= 4 is 11.4 Å². The Morgan fingerprint density at radius 3 is 2.54 bits per heavy atom. The van der Waals surface area contributed by atoms with Gasteiger partial charge in [-0.05, 0) is 47.9 Å². The number of benzene rings is 2. The zero-order valence-electron chi connectivity index (χ0n) is 15.1. The molecule has 1 N–H and O–H groups in total. The van der Waals surface area contributed by atoms with E-state index in [4.69, 9.17) is 0 Å². The summed E-state index contributed by atoms with van der Waals surface area (Å²) in [5.41, 5.74) is 5.78. The lowest BCUT2D eigenvalue weighted by Gasteiger charge is -2.24. The van der Waals surface area contributed by atoms with E-state index in [-0.39, 0.29) is 11.2 Å². The van der Waals surface area contributed by atoms with Crippen LogP contribution in [0.15, 0.2) is 54.7 Å². The van der Waals surface area contributed by atoms with E-state index in [1.165, 1.54) is 6.07 Å². The molecule has 0 saturated heterocycles. The number of anilines is 2. The van der Waals surface area contributed by atoms with Crippen LogP contribution < -0.4 is 4.90 Å². The van der Waals surface area contributed by atoms with Crippen molar-refractivity contribution in [2.75, 3.05) is 11.4 Å². The van der Waals surface area contributed by atoms with E-state index in [0.29, 0.717) is 0 Å². The van der Waals surface area contributed by atoms with Crippen LogP contribution >= 0.6 is 0 Å². The summed E-state index contributed by atoms with van der Waals surface area (Å²) >= 11 is 0. The zero-order chi connectivity index (χ0) is 18.5. The Kier molecular flexibility index (Phi) is 3.72. The second kappa shape index (κ2) is 5.84. The first kappa shape index (κ1) is 16.6. The Bertz CT molecular complexity index is 980. The summed E-state index contributed by atoms with van der Waals surface area (Å²) in [6.07, 6.45) is 1.55. The van der Waals surface area contributed by atoms with Gasteiger partial charge in [0.1, 0.15) is 5.75 Å². The number of para-hydroxylation sites is 1. The summed E-state index contributed by atoms with van der Waals surface area (Å²) < 4.78 is 13.3. The van der Waals surface area contributed by atoms with Crippen molar-refractivity contribution in [3.8, 4) is 16.9 Å². The summed E-state index contributed by atoms with van der Waals surface area (Å²) in [5, 5.41) is 10.7. The van der Waals surface area contributed by atoms with Crippen molar-refractivity contribution in [3.63, 3.8) is 0 Å². The average molecular weight is 348 g/mol. The third kappa shape index (κ3) is 2.53. The molecule has 26 heavy (non-hydrogen) atoms. The number of hydrogen-bond donors (Lipinski definition) is 1. The molecular formula is C22H21FN2O. The summed E-state index contributed by atoms with van der Waals surface area (Å²) in [6, 6.07) is 14.9. The fraction of sp³-hybridized carbons (Fsp3) is 0.227. The van der Waals surface area contributed by atoms with Crippen LogP contribution in [0, 0.1) is 12.9 Å². The van der Waals surface area contributed by atoms with Gasteiger partial charge < -0.3 is 10.0 Å². The summed E-state index contributed by atoms with van der Waals surface area (Å²) in [5.74, 6) is -0.238. The van der Waals surface area contributed by atoms with Crippen LogP contribution in [0.2, 0.25) is 0 Å². The van der Waals surface area contributed by atoms with Gasteiger partial charge in [-0.3, -0.25) is 0 Å². The molecule has 0 bridgehead atoms. The molecule has 1 aliphatic heterocycles. The second-order valence-corrected chi connectivity index (χ2v) is 7.48. The van der Waals surface area contributed by atoms with Gasteiger partial charge in [0.2, 0.25) is 5.95 Å². The fourth-order valence-corrected chi connectivity index (χ4v) is 3.94. The lowest BCUT2D eigenvalue weighted by Crippen LogP contribution is -2.25. The largest absolute Gasteiger partial charge is 0.506 e. The molecule has 0 spiro atoms. The Morgan fingerprint density at radius 2 is 1.85 bits per heavy atom. The maximum atomic E-state index is 13.3. The molecule has 1 aliphatic rings. The Labute approximate surface area is 152 Å². The summed E-state index contributed by atoms with van der Waals surface area (Å²) in [6.45, 7) is 7.17. The van der Waals surface area contributed by atoms with Gasteiger partial charge in [-0.15, -0.1) is 0 Å². The minimum Gasteiger partial charge on any atom is -0.506 e. The molecule has 0 atom stereocenters. The number of phenols is 1. The molecule has 132 valence electrons. The lowest BCUT2D eigenvalue weighted by atomic mass is 9.82. The van der Waals surface area contributed by atoms with Crippen molar-refractivity contribution in [1.82, 2.24) is 4.98 Å². The van der Waals surface area contributed by atoms with Crippen molar-refractivity contribution in [3.05, 3.63) is 71.8 Å². The van der Waals surface area contributed by atoms with E-state index in [2.05, 4.69) is 42.8 Å². The van der Waals surface area contributed by atoms with Crippen molar-refractivity contribution in [2.45, 2.75) is 26.2 Å². The molecule has 4 rings (SSSR count). The molecule has 0 fully saturated rings.